The summed E-state index contributed by atoms with van der Waals surface area (Å²) < 4.78 is 2.62. The van der Waals surface area contributed by atoms with Crippen molar-refractivity contribution in [3.8, 4) is 0 Å². The van der Waals surface area contributed by atoms with Crippen LogP contribution in [0.15, 0.2) is 0 Å². The van der Waals surface area contributed by atoms with Crippen molar-refractivity contribution in [1.82, 2.24) is 4.31 Å². The van der Waals surface area contributed by atoms with Crippen molar-refractivity contribution in [1.29, 1.82) is 0 Å². The van der Waals surface area contributed by atoms with E-state index in [9.17, 15) is 0 Å². The Hall–Kier alpha value is 0.310. The van der Waals surface area contributed by atoms with Gasteiger partial charge in [-0.05, 0) is 31.6 Å². The maximum Gasteiger partial charge on any atom is 0.0267 e. The molecule has 2 unspecified atom stereocenters. The summed E-state index contributed by atoms with van der Waals surface area (Å²) >= 11 is 2.06. The van der Waals surface area contributed by atoms with E-state index in [2.05, 4.69) is 57.8 Å². The molecule has 1 fully saturated rings. The lowest BCUT2D eigenvalue weighted by molar-refractivity contribution is 0.173. The van der Waals surface area contributed by atoms with E-state index in [1.807, 2.05) is 0 Å². The van der Waals surface area contributed by atoms with Gasteiger partial charge in [0.25, 0.3) is 0 Å². The van der Waals surface area contributed by atoms with E-state index in [0.29, 0.717) is 6.04 Å². The first-order chi connectivity index (χ1) is 6.45. The molecule has 0 aliphatic carbocycles. The molecular weight excluding hydrogens is 190 g/mol. The Labute approximate surface area is 93.8 Å². The highest BCUT2D eigenvalue weighted by molar-refractivity contribution is 7.97. The van der Waals surface area contributed by atoms with Crippen LogP contribution in [0.25, 0.3) is 0 Å². The van der Waals surface area contributed by atoms with Gasteiger partial charge in [-0.25, -0.2) is 4.31 Å². The van der Waals surface area contributed by atoms with Crippen molar-refractivity contribution >= 4 is 11.9 Å². The summed E-state index contributed by atoms with van der Waals surface area (Å²) in [4.78, 5) is 0. The smallest absolute Gasteiger partial charge is 0.0267 e. The molecule has 14 heavy (non-hydrogen) atoms. The van der Waals surface area contributed by atoms with Crippen LogP contribution in [0.1, 0.15) is 41.5 Å². The molecule has 2 atom stereocenters. The van der Waals surface area contributed by atoms with Crippen LogP contribution in [0, 0.1) is 17.8 Å². The normalized spacial score (nSPS) is 29.8. The minimum Gasteiger partial charge on any atom is -0.244 e. The summed E-state index contributed by atoms with van der Waals surface area (Å²) in [5.41, 5.74) is 0. The van der Waals surface area contributed by atoms with Crippen LogP contribution >= 0.6 is 11.9 Å². The van der Waals surface area contributed by atoms with E-state index < -0.39 is 0 Å². The number of rotatable bonds is 3. The zero-order valence-electron chi connectivity index (χ0n) is 10.4. The van der Waals surface area contributed by atoms with E-state index >= 15 is 0 Å². The van der Waals surface area contributed by atoms with Crippen molar-refractivity contribution in [2.75, 3.05) is 5.75 Å². The second-order valence-electron chi connectivity index (χ2n) is 5.39. The Kier molecular flexibility index (Phi) is 4.32. The molecule has 0 radical (unpaired) electrons. The van der Waals surface area contributed by atoms with Crippen molar-refractivity contribution in [2.45, 2.75) is 53.6 Å². The Morgan fingerprint density at radius 3 is 1.93 bits per heavy atom. The summed E-state index contributed by atoms with van der Waals surface area (Å²) in [6, 6.07) is 1.45. The number of hydrogen-bond acceptors (Lipinski definition) is 2. The summed E-state index contributed by atoms with van der Waals surface area (Å²) in [5, 5.41) is 0. The molecule has 0 amide bonds. The predicted octanol–water partition coefficient (Wildman–Crippen LogP) is 3.66. The Morgan fingerprint density at radius 2 is 1.57 bits per heavy atom. The van der Waals surface area contributed by atoms with E-state index in [1.165, 1.54) is 5.75 Å². The zero-order valence-corrected chi connectivity index (χ0v) is 11.3. The molecule has 1 aliphatic rings. The van der Waals surface area contributed by atoms with Crippen LogP contribution in [-0.4, -0.2) is 22.1 Å². The maximum absolute atomic E-state index is 2.62. The van der Waals surface area contributed by atoms with Crippen molar-refractivity contribution in [2.24, 2.45) is 17.8 Å². The zero-order chi connectivity index (χ0) is 10.9. The molecule has 2 heteroatoms. The van der Waals surface area contributed by atoms with Crippen LogP contribution in [0.3, 0.4) is 0 Å². The lowest BCUT2D eigenvalue weighted by Crippen LogP contribution is -2.40. The van der Waals surface area contributed by atoms with Gasteiger partial charge in [0, 0.05) is 17.8 Å². The van der Waals surface area contributed by atoms with Gasteiger partial charge in [0.05, 0.1) is 0 Å². The van der Waals surface area contributed by atoms with Crippen LogP contribution in [0.2, 0.25) is 0 Å². The molecule has 0 aromatic rings. The monoisotopic (exact) mass is 215 g/mol. The molecule has 1 saturated heterocycles. The van der Waals surface area contributed by atoms with Gasteiger partial charge in [0.15, 0.2) is 0 Å². The van der Waals surface area contributed by atoms with Crippen molar-refractivity contribution < 1.29 is 0 Å². The quantitative estimate of drug-likeness (QED) is 0.661. The second-order valence-corrected chi connectivity index (χ2v) is 6.41. The third-order valence-corrected chi connectivity index (χ3v) is 4.69. The lowest BCUT2D eigenvalue weighted by Gasteiger charge is -2.34. The van der Waals surface area contributed by atoms with E-state index in [0.717, 1.165) is 23.8 Å². The van der Waals surface area contributed by atoms with Crippen LogP contribution in [0.4, 0.5) is 0 Å². The van der Waals surface area contributed by atoms with Gasteiger partial charge in [-0.15, -0.1) is 0 Å². The fourth-order valence-electron chi connectivity index (χ4n) is 2.41. The minimum atomic E-state index is 0.677. The van der Waals surface area contributed by atoms with Crippen molar-refractivity contribution in [3.63, 3.8) is 0 Å². The molecule has 1 heterocycles. The summed E-state index contributed by atoms with van der Waals surface area (Å²) in [7, 11) is 0. The first-order valence-electron chi connectivity index (χ1n) is 5.86. The molecule has 1 rings (SSSR count). The first kappa shape index (κ1) is 12.4. The van der Waals surface area contributed by atoms with Crippen LogP contribution < -0.4 is 0 Å². The molecular formula is C12H25NS. The summed E-state index contributed by atoms with van der Waals surface area (Å²) in [6.45, 7) is 14.1. The number of hydrogen-bond donors (Lipinski definition) is 0. The summed E-state index contributed by atoms with van der Waals surface area (Å²) in [6.07, 6.45) is 0. The molecule has 0 spiro atoms. The van der Waals surface area contributed by atoms with Crippen LogP contribution in [-0.2, 0) is 0 Å². The van der Waals surface area contributed by atoms with Gasteiger partial charge in [-0.1, -0.05) is 39.6 Å². The summed E-state index contributed by atoms with van der Waals surface area (Å²) in [5.74, 6) is 3.79. The second kappa shape index (κ2) is 4.89. The Bertz CT molecular complexity index is 161. The highest BCUT2D eigenvalue weighted by Gasteiger charge is 2.39. The highest BCUT2D eigenvalue weighted by Crippen LogP contribution is 2.40. The molecule has 0 bridgehead atoms. The van der Waals surface area contributed by atoms with E-state index in [4.69, 9.17) is 0 Å². The van der Waals surface area contributed by atoms with E-state index in [-0.39, 0.29) is 0 Å². The molecule has 1 nitrogen and oxygen atoms in total. The molecule has 0 aromatic carbocycles. The molecule has 1 aliphatic heterocycles. The third-order valence-electron chi connectivity index (χ3n) is 3.20. The van der Waals surface area contributed by atoms with Gasteiger partial charge in [-0.2, -0.15) is 0 Å². The Morgan fingerprint density at radius 1 is 1.00 bits per heavy atom. The van der Waals surface area contributed by atoms with Gasteiger partial charge in [-0.3, -0.25) is 0 Å². The molecule has 0 N–H and O–H groups in total. The van der Waals surface area contributed by atoms with E-state index in [1.54, 1.807) is 0 Å². The first-order valence-corrected chi connectivity index (χ1v) is 6.80. The van der Waals surface area contributed by atoms with Gasteiger partial charge in [0.2, 0.25) is 0 Å². The molecule has 0 aromatic heterocycles. The topological polar surface area (TPSA) is 3.24 Å². The van der Waals surface area contributed by atoms with Gasteiger partial charge in [0.1, 0.15) is 0 Å². The fraction of sp³-hybridized carbons (Fsp3) is 1.00. The SMILES string of the molecule is CC(C)C1CSN(C(C)C)C1C(C)C. The predicted molar refractivity (Wildman–Crippen MR) is 66.4 cm³/mol. The van der Waals surface area contributed by atoms with Gasteiger partial charge < -0.3 is 0 Å². The maximum atomic E-state index is 2.62. The van der Waals surface area contributed by atoms with Crippen molar-refractivity contribution in [3.05, 3.63) is 0 Å². The molecule has 0 saturated carbocycles. The lowest BCUT2D eigenvalue weighted by atomic mass is 9.84. The average Bonchev–Trinajstić information content (AvgIpc) is 2.46. The fourth-order valence-corrected chi connectivity index (χ4v) is 4.21. The largest absolute Gasteiger partial charge is 0.244 e. The standard InChI is InChI=1S/C12H25NS/c1-8(2)11-7-14-13(10(5)6)12(11)9(3)4/h8-12H,7H2,1-6H3. The highest BCUT2D eigenvalue weighted by atomic mass is 32.2. The molecule has 84 valence electrons. The average molecular weight is 215 g/mol. The third kappa shape index (κ3) is 2.46. The van der Waals surface area contributed by atoms with Gasteiger partial charge >= 0.3 is 0 Å². The number of nitrogens with zero attached hydrogens (tertiary/aromatic N) is 1. The minimum absolute atomic E-state index is 0.677. The Balaban J connectivity index is 2.74. The van der Waals surface area contributed by atoms with Crippen LogP contribution in [0.5, 0.6) is 0 Å².